The highest BCUT2D eigenvalue weighted by molar-refractivity contribution is 6.30. The average molecular weight is 1930 g/mol. The summed E-state index contributed by atoms with van der Waals surface area (Å²) in [5, 5.41) is 9.66. The summed E-state index contributed by atoms with van der Waals surface area (Å²) in [7, 11) is 0. The summed E-state index contributed by atoms with van der Waals surface area (Å²) in [4.78, 5) is 7.15. The molecule has 0 radical (unpaired) electrons. The zero-order valence-electron chi connectivity index (χ0n) is 76.8. The summed E-state index contributed by atoms with van der Waals surface area (Å²) >= 11 is 0. The van der Waals surface area contributed by atoms with E-state index < -0.39 is 58.2 Å². The summed E-state index contributed by atoms with van der Waals surface area (Å²) in [6.45, 7) is 0. The zero-order valence-corrected chi connectivity index (χ0v) is 76.8. The van der Waals surface area contributed by atoms with Gasteiger partial charge in [0.1, 0.15) is 81.4 Å². The lowest BCUT2D eigenvalue weighted by Gasteiger charge is -2.30. The Hall–Kier alpha value is -18.4. The van der Waals surface area contributed by atoms with E-state index in [0.29, 0.717) is 101 Å². The smallest absolute Gasteiger partial charge is 0.150 e. The Morgan fingerprint density at radius 2 is 0.281 bits per heavy atom. The Morgan fingerprint density at radius 3 is 0.466 bits per heavy atom. The van der Waals surface area contributed by atoms with Gasteiger partial charge in [-0.15, -0.1) is 0 Å². The lowest BCUT2D eigenvalue weighted by molar-refractivity contribution is 0.583. The highest BCUT2D eigenvalue weighted by Crippen LogP contribution is 2.55. The first-order valence-corrected chi connectivity index (χ1v) is 46.7. The van der Waals surface area contributed by atoms with E-state index in [4.69, 9.17) is 0 Å². The van der Waals surface area contributed by atoms with Gasteiger partial charge in [-0.3, -0.25) is 0 Å². The molecule has 0 unspecified atom stereocenters. The fourth-order valence-corrected chi connectivity index (χ4v) is 20.0. The van der Waals surface area contributed by atoms with Crippen LogP contribution in [0.25, 0.3) is 154 Å². The van der Waals surface area contributed by atoms with Crippen LogP contribution < -0.4 is 19.6 Å². The van der Waals surface area contributed by atoms with Crippen molar-refractivity contribution in [1.29, 1.82) is 0 Å². The van der Waals surface area contributed by atoms with Crippen molar-refractivity contribution in [3.05, 3.63) is 530 Å². The number of para-hydroxylation sites is 2. The first kappa shape index (κ1) is 91.4. The molecule has 24 aromatic rings. The third kappa shape index (κ3) is 17.5. The molecule has 0 saturated carbocycles. The quantitative estimate of drug-likeness (QED) is 0.0557. The van der Waals surface area contributed by atoms with E-state index in [9.17, 15) is 43.9 Å². The number of rotatable bonds is 20. The molecule has 0 spiro atoms. The summed E-state index contributed by atoms with van der Waals surface area (Å²) in [6.07, 6.45) is 0. The predicted molar refractivity (Wildman–Crippen MR) is 562 cm³/mol. The van der Waals surface area contributed by atoms with Crippen molar-refractivity contribution in [3.8, 4) is 89.0 Å². The van der Waals surface area contributed by atoms with Crippen LogP contribution in [-0.2, 0) is 0 Å². The van der Waals surface area contributed by atoms with E-state index in [1.54, 1.807) is 143 Å². The van der Waals surface area contributed by atoms with Gasteiger partial charge < -0.3 is 19.6 Å². The lowest BCUT2D eigenvalue weighted by atomic mass is 9.91. The SMILES string of the molecule is Fc1ccc(-c2cc(-c3ccc(F)cc3)cc(N(c3ccc(F)cc3F)c3ccc4ccc5c(N(c6cc(-c7ccc(F)cc7)cc(-c7ccc(F)cc7)c6)c6ccc(F)cc6F)ccc6ccc3c4c65)c2)cc1.Fc1ccc(-c2cc(-c3ccc(F)cc3)cc(N(c3ccccc3F)c3ccc4ccc5c(N(c6cc(-c7ccc(F)cc7)cc(-c7ccc(F)cc7)c6)c6ccccc6F)ccc6ccc3c4c65)c2)cc1. The van der Waals surface area contributed by atoms with Crippen LogP contribution in [0.2, 0.25) is 0 Å². The lowest BCUT2D eigenvalue weighted by Crippen LogP contribution is -2.14. The van der Waals surface area contributed by atoms with Gasteiger partial charge >= 0.3 is 0 Å². The van der Waals surface area contributed by atoms with Gasteiger partial charge in [-0.2, -0.15) is 0 Å². The van der Waals surface area contributed by atoms with Crippen molar-refractivity contribution < 1.29 is 61.5 Å². The minimum Gasteiger partial charge on any atom is -0.307 e. The van der Waals surface area contributed by atoms with Gasteiger partial charge in [0.15, 0.2) is 0 Å². The van der Waals surface area contributed by atoms with Crippen LogP contribution in [-0.4, -0.2) is 0 Å². The maximum absolute atomic E-state index is 16.6. The van der Waals surface area contributed by atoms with Crippen LogP contribution in [0.4, 0.5) is 130 Å². The van der Waals surface area contributed by atoms with Gasteiger partial charge in [-0.25, -0.2) is 61.5 Å². The molecule has 18 heteroatoms. The molecule has 0 N–H and O–H groups in total. The fourth-order valence-electron chi connectivity index (χ4n) is 20.0. The van der Waals surface area contributed by atoms with Crippen molar-refractivity contribution in [2.75, 3.05) is 19.6 Å². The maximum atomic E-state index is 16.6. The highest BCUT2D eigenvalue weighted by Gasteiger charge is 2.31. The molecule has 0 aliphatic carbocycles. The number of halogens is 14. The molecule has 24 rings (SSSR count). The van der Waals surface area contributed by atoms with Crippen LogP contribution in [0.1, 0.15) is 0 Å². The molecule has 0 amide bonds. The van der Waals surface area contributed by atoms with Gasteiger partial charge in [-0.05, 0) is 375 Å². The highest BCUT2D eigenvalue weighted by atomic mass is 19.2. The number of anilines is 12. The van der Waals surface area contributed by atoms with Crippen LogP contribution in [0.15, 0.2) is 449 Å². The predicted octanol–water partition coefficient (Wildman–Crippen LogP) is 38.3. The van der Waals surface area contributed by atoms with Gasteiger partial charge in [0.2, 0.25) is 0 Å². The summed E-state index contributed by atoms with van der Waals surface area (Å²) in [6, 6.07) is 122. The first-order valence-electron chi connectivity index (χ1n) is 46.7. The Labute approximate surface area is 828 Å². The van der Waals surface area contributed by atoms with Gasteiger partial charge in [0.05, 0.1) is 45.5 Å². The second-order valence-electron chi connectivity index (χ2n) is 35.7. The van der Waals surface area contributed by atoms with Crippen LogP contribution >= 0.6 is 0 Å². The fraction of sp³-hybridized carbons (Fsp3) is 0. The second-order valence-corrected chi connectivity index (χ2v) is 35.7. The first-order chi connectivity index (χ1) is 71.0. The molecule has 0 saturated heterocycles. The van der Waals surface area contributed by atoms with Crippen LogP contribution in [0, 0.1) is 81.4 Å². The molecule has 0 bridgehead atoms. The number of nitrogens with zero attached hydrogens (tertiary/aromatic N) is 4. The molecule has 0 fully saturated rings. The minimum absolute atomic E-state index is 0.0133. The Morgan fingerprint density at radius 1 is 0.116 bits per heavy atom. The average Bonchev–Trinajstić information content (AvgIpc) is 0.716. The van der Waals surface area contributed by atoms with Crippen molar-refractivity contribution in [2.24, 2.45) is 0 Å². The molecule has 0 atom stereocenters. The summed E-state index contributed by atoms with van der Waals surface area (Å²) in [5.74, 6) is -7.49. The number of benzene rings is 24. The molecule has 0 aromatic heterocycles. The van der Waals surface area contributed by atoms with E-state index in [2.05, 4.69) is 0 Å². The number of hydrogen-bond donors (Lipinski definition) is 0. The van der Waals surface area contributed by atoms with Gasteiger partial charge in [0, 0.05) is 56.4 Å². The standard InChI is InChI=1S/C64H36F8N2.C64H38F6N2/c65-47-13-1-37(2-14-47)43-29-44(38-3-15-48(66)16-4-38)32-53(31-43)73(61-27-21-51(69)35-57(61)71)59-25-11-41-10-24-56-60(26-12-42-9-23-55(59)63(41)64(42)56)74(62-28-22-52(70)36-58(62)72)54-33-45(39-5-17-49(67)18-6-39)30-46(34-54)40-7-19-50(68)20-8-40;65-49-21-9-39(10-22-49)45-33-46(40-11-23-50(66)24-12-40)36-53(35-45)71(61-7-3-1-5-57(61)69)59-31-19-43-18-30-56-60(32-20-44-17-29-55(59)63(43)64(44)56)72(62-8-4-2-6-58(62)70)54-37-47(41-13-25-51(67)26-14-41)34-48(38-54)42-15-27-52(68)28-16-42/h1-36H;1-38H. The zero-order chi connectivity index (χ0) is 99.8. The molecule has 704 valence electrons. The van der Waals surface area contributed by atoms with E-state index in [-0.39, 0.29) is 46.0 Å². The van der Waals surface area contributed by atoms with Crippen LogP contribution in [0.3, 0.4) is 0 Å². The molecule has 146 heavy (non-hydrogen) atoms. The topological polar surface area (TPSA) is 13.0 Å². The third-order valence-electron chi connectivity index (χ3n) is 26.8. The summed E-state index contributed by atoms with van der Waals surface area (Å²) in [5.41, 5.74) is 16.0. The van der Waals surface area contributed by atoms with Crippen molar-refractivity contribution in [3.63, 3.8) is 0 Å². The monoisotopic (exact) mass is 1930 g/mol. The molecule has 0 aliphatic rings. The normalized spacial score (nSPS) is 11.5. The van der Waals surface area contributed by atoms with Crippen LogP contribution in [0.5, 0.6) is 0 Å². The Bertz CT molecular complexity index is 8370. The third-order valence-corrected chi connectivity index (χ3v) is 26.8. The molecule has 0 heterocycles. The van der Waals surface area contributed by atoms with E-state index in [1.807, 2.05) is 180 Å². The molecule has 4 nitrogen and oxygen atoms in total. The van der Waals surface area contributed by atoms with Gasteiger partial charge in [0.25, 0.3) is 0 Å². The minimum atomic E-state index is -0.853. The van der Waals surface area contributed by atoms with E-state index >= 15 is 17.6 Å². The molecule has 24 aromatic carbocycles. The Kier molecular flexibility index (Phi) is 23.7. The molecular weight excluding hydrogens is 1860 g/mol. The largest absolute Gasteiger partial charge is 0.307 e. The second kappa shape index (κ2) is 37.9. The van der Waals surface area contributed by atoms with Crippen molar-refractivity contribution in [2.45, 2.75) is 0 Å². The molecule has 0 aliphatic heterocycles. The van der Waals surface area contributed by atoms with E-state index in [1.165, 1.54) is 133 Å². The van der Waals surface area contributed by atoms with Crippen molar-refractivity contribution in [1.82, 2.24) is 0 Å². The molecular formula is C128H74F14N4. The van der Waals surface area contributed by atoms with Gasteiger partial charge in [-0.1, -0.05) is 194 Å². The number of hydrogen-bond acceptors (Lipinski definition) is 4. The van der Waals surface area contributed by atoms with E-state index in [0.717, 1.165) is 111 Å². The maximum Gasteiger partial charge on any atom is 0.150 e. The summed E-state index contributed by atoms with van der Waals surface area (Å²) < 4.78 is 210. The van der Waals surface area contributed by atoms with Crippen molar-refractivity contribution >= 4 is 133 Å². The Balaban J connectivity index is 0.000000161.